The van der Waals surface area contributed by atoms with E-state index in [2.05, 4.69) is 0 Å². The second kappa shape index (κ2) is 7.41. The molecular weight excluding hydrogens is 297 g/mol. The highest BCUT2D eigenvalue weighted by molar-refractivity contribution is 7.99. The molecule has 0 atom stereocenters. The Morgan fingerprint density at radius 1 is 1.15 bits per heavy atom. The zero-order valence-corrected chi connectivity index (χ0v) is 12.4. The van der Waals surface area contributed by atoms with Gasteiger partial charge >= 0.3 is 0 Å². The standard InChI is InChI=1S/C15H15ClFNOS/c16-14-10-12(18)4-7-15(14)20-9-1-8-19-13-5-2-11(17)3-6-13/h2-7,10H,1,8-9,18H2. The first-order valence-electron chi connectivity index (χ1n) is 6.21. The number of rotatable bonds is 6. The normalized spacial score (nSPS) is 10.5. The SMILES string of the molecule is Nc1ccc(SCCCOc2ccc(F)cc2)c(Cl)c1. The number of halogens is 2. The van der Waals surface area contributed by atoms with Gasteiger partial charge in [0.25, 0.3) is 0 Å². The van der Waals surface area contributed by atoms with Crippen LogP contribution in [0.3, 0.4) is 0 Å². The van der Waals surface area contributed by atoms with Gasteiger partial charge in [0.1, 0.15) is 11.6 Å². The fourth-order valence-corrected chi connectivity index (χ4v) is 2.79. The molecule has 0 fully saturated rings. The molecule has 2 aromatic rings. The maximum absolute atomic E-state index is 12.7. The third-order valence-electron chi connectivity index (χ3n) is 2.58. The molecule has 0 spiro atoms. The Balaban J connectivity index is 1.70. The first-order chi connectivity index (χ1) is 9.65. The van der Waals surface area contributed by atoms with E-state index in [-0.39, 0.29) is 5.82 Å². The molecule has 0 aliphatic rings. The Bertz CT molecular complexity index is 562. The summed E-state index contributed by atoms with van der Waals surface area (Å²) in [5, 5.41) is 0.675. The van der Waals surface area contributed by atoms with Gasteiger partial charge in [-0.05, 0) is 48.9 Å². The summed E-state index contributed by atoms with van der Waals surface area (Å²) in [7, 11) is 0. The molecule has 0 amide bonds. The highest BCUT2D eigenvalue weighted by Crippen LogP contribution is 2.29. The molecular formula is C15H15ClFNOS. The highest BCUT2D eigenvalue weighted by Gasteiger charge is 2.01. The van der Waals surface area contributed by atoms with Crippen molar-refractivity contribution >= 4 is 29.1 Å². The topological polar surface area (TPSA) is 35.2 Å². The Hall–Kier alpha value is -1.39. The van der Waals surface area contributed by atoms with Crippen LogP contribution in [0.15, 0.2) is 47.4 Å². The van der Waals surface area contributed by atoms with Crippen LogP contribution in [-0.4, -0.2) is 12.4 Å². The minimum atomic E-state index is -0.258. The van der Waals surface area contributed by atoms with E-state index >= 15 is 0 Å². The molecule has 0 saturated heterocycles. The van der Waals surface area contributed by atoms with Crippen LogP contribution < -0.4 is 10.5 Å². The summed E-state index contributed by atoms with van der Waals surface area (Å²) < 4.78 is 18.2. The Morgan fingerprint density at radius 2 is 1.90 bits per heavy atom. The summed E-state index contributed by atoms with van der Waals surface area (Å²) in [5.74, 6) is 1.32. The van der Waals surface area contributed by atoms with E-state index in [9.17, 15) is 4.39 Å². The zero-order chi connectivity index (χ0) is 14.4. The molecule has 2 aromatic carbocycles. The van der Waals surface area contributed by atoms with Gasteiger partial charge in [-0.2, -0.15) is 0 Å². The lowest BCUT2D eigenvalue weighted by Gasteiger charge is -2.07. The molecule has 2 rings (SSSR count). The average molecular weight is 312 g/mol. The Labute approximate surface area is 127 Å². The van der Waals surface area contributed by atoms with Crippen molar-refractivity contribution in [2.24, 2.45) is 0 Å². The van der Waals surface area contributed by atoms with Crippen LogP contribution in [-0.2, 0) is 0 Å². The maximum atomic E-state index is 12.7. The quantitative estimate of drug-likeness (QED) is 0.480. The van der Waals surface area contributed by atoms with Gasteiger partial charge in [0.15, 0.2) is 0 Å². The van der Waals surface area contributed by atoms with Crippen molar-refractivity contribution in [3.8, 4) is 5.75 Å². The molecule has 0 aromatic heterocycles. The number of nitrogens with two attached hydrogens (primary N) is 1. The Kier molecular flexibility index (Phi) is 5.56. The molecule has 0 aliphatic carbocycles. The predicted molar refractivity (Wildman–Crippen MR) is 83.1 cm³/mol. The highest BCUT2D eigenvalue weighted by atomic mass is 35.5. The number of thioether (sulfide) groups is 1. The first kappa shape index (κ1) is 15.0. The monoisotopic (exact) mass is 311 g/mol. The number of hydrogen-bond donors (Lipinski definition) is 1. The molecule has 5 heteroatoms. The van der Waals surface area contributed by atoms with Gasteiger partial charge in [-0.3, -0.25) is 0 Å². The van der Waals surface area contributed by atoms with Crippen molar-refractivity contribution in [3.63, 3.8) is 0 Å². The molecule has 2 N–H and O–H groups in total. The van der Waals surface area contributed by atoms with E-state index < -0.39 is 0 Å². The fraction of sp³-hybridized carbons (Fsp3) is 0.200. The third kappa shape index (κ3) is 4.62. The number of benzene rings is 2. The minimum Gasteiger partial charge on any atom is -0.494 e. The minimum absolute atomic E-state index is 0.258. The molecule has 2 nitrogen and oxygen atoms in total. The summed E-state index contributed by atoms with van der Waals surface area (Å²) in [4.78, 5) is 1.02. The smallest absolute Gasteiger partial charge is 0.123 e. The molecule has 106 valence electrons. The van der Waals surface area contributed by atoms with Crippen LogP contribution in [0.2, 0.25) is 5.02 Å². The van der Waals surface area contributed by atoms with Crippen molar-refractivity contribution in [2.75, 3.05) is 18.1 Å². The van der Waals surface area contributed by atoms with Crippen LogP contribution in [0.25, 0.3) is 0 Å². The Morgan fingerprint density at radius 3 is 2.60 bits per heavy atom. The van der Waals surface area contributed by atoms with Crippen molar-refractivity contribution in [1.29, 1.82) is 0 Å². The summed E-state index contributed by atoms with van der Waals surface area (Å²) >= 11 is 7.75. The number of hydrogen-bond acceptors (Lipinski definition) is 3. The molecule has 0 radical (unpaired) electrons. The summed E-state index contributed by atoms with van der Waals surface area (Å²) in [6.07, 6.45) is 0.878. The van der Waals surface area contributed by atoms with Crippen molar-refractivity contribution in [2.45, 2.75) is 11.3 Å². The van der Waals surface area contributed by atoms with Crippen LogP contribution >= 0.6 is 23.4 Å². The van der Waals surface area contributed by atoms with Crippen molar-refractivity contribution in [3.05, 3.63) is 53.3 Å². The van der Waals surface area contributed by atoms with Crippen LogP contribution in [0.4, 0.5) is 10.1 Å². The van der Waals surface area contributed by atoms with Gasteiger partial charge in [-0.15, -0.1) is 11.8 Å². The number of anilines is 1. The van der Waals surface area contributed by atoms with E-state index in [1.165, 1.54) is 12.1 Å². The van der Waals surface area contributed by atoms with E-state index in [0.29, 0.717) is 23.1 Å². The second-order valence-electron chi connectivity index (χ2n) is 4.19. The molecule has 0 bridgehead atoms. The largest absolute Gasteiger partial charge is 0.494 e. The third-order valence-corrected chi connectivity index (χ3v) is 4.17. The summed E-state index contributed by atoms with van der Waals surface area (Å²) in [6.45, 7) is 0.589. The van der Waals surface area contributed by atoms with E-state index in [1.54, 1.807) is 30.0 Å². The van der Waals surface area contributed by atoms with Crippen molar-refractivity contribution in [1.82, 2.24) is 0 Å². The van der Waals surface area contributed by atoms with E-state index in [4.69, 9.17) is 22.1 Å². The molecule has 0 saturated carbocycles. The lowest BCUT2D eigenvalue weighted by molar-refractivity contribution is 0.318. The van der Waals surface area contributed by atoms with Gasteiger partial charge in [-0.1, -0.05) is 11.6 Å². The lowest BCUT2D eigenvalue weighted by atomic mass is 10.3. The predicted octanol–water partition coefficient (Wildman–Crippen LogP) is 4.62. The molecule has 20 heavy (non-hydrogen) atoms. The van der Waals surface area contributed by atoms with Crippen LogP contribution in [0.5, 0.6) is 5.75 Å². The first-order valence-corrected chi connectivity index (χ1v) is 7.58. The van der Waals surface area contributed by atoms with Crippen molar-refractivity contribution < 1.29 is 9.13 Å². The van der Waals surface area contributed by atoms with Gasteiger partial charge < -0.3 is 10.5 Å². The lowest BCUT2D eigenvalue weighted by Crippen LogP contribution is -1.98. The van der Waals surface area contributed by atoms with Gasteiger partial charge in [-0.25, -0.2) is 4.39 Å². The zero-order valence-electron chi connectivity index (χ0n) is 10.8. The summed E-state index contributed by atoms with van der Waals surface area (Å²) in [5.41, 5.74) is 6.30. The molecule has 0 aliphatic heterocycles. The maximum Gasteiger partial charge on any atom is 0.123 e. The number of nitrogen functional groups attached to an aromatic ring is 1. The van der Waals surface area contributed by atoms with Gasteiger partial charge in [0.05, 0.1) is 11.6 Å². The van der Waals surface area contributed by atoms with E-state index in [0.717, 1.165) is 17.1 Å². The second-order valence-corrected chi connectivity index (χ2v) is 5.74. The van der Waals surface area contributed by atoms with Gasteiger partial charge in [0.2, 0.25) is 0 Å². The van der Waals surface area contributed by atoms with Gasteiger partial charge in [0, 0.05) is 16.3 Å². The summed E-state index contributed by atoms with van der Waals surface area (Å²) in [6, 6.07) is 11.5. The van der Waals surface area contributed by atoms with Crippen LogP contribution in [0, 0.1) is 5.82 Å². The number of ether oxygens (including phenoxy) is 1. The van der Waals surface area contributed by atoms with Crippen LogP contribution in [0.1, 0.15) is 6.42 Å². The fourth-order valence-electron chi connectivity index (χ4n) is 1.60. The molecule has 0 unspecified atom stereocenters. The molecule has 0 heterocycles. The van der Waals surface area contributed by atoms with E-state index in [1.807, 2.05) is 12.1 Å². The average Bonchev–Trinajstić information content (AvgIpc) is 2.42.